The van der Waals surface area contributed by atoms with E-state index < -0.39 is 5.92 Å². The van der Waals surface area contributed by atoms with Crippen LogP contribution in [0, 0.1) is 23.7 Å². The zero-order valence-corrected chi connectivity index (χ0v) is 20.4. The number of aromatic hydroxyl groups is 1. The number of ketones is 3. The van der Waals surface area contributed by atoms with E-state index in [9.17, 15) is 29.7 Å². The monoisotopic (exact) mass is 472 g/mol. The molecular formula is C28H40O6. The van der Waals surface area contributed by atoms with Crippen molar-refractivity contribution in [3.8, 4) is 5.75 Å². The summed E-state index contributed by atoms with van der Waals surface area (Å²) in [5.74, 6) is -0.927. The summed E-state index contributed by atoms with van der Waals surface area (Å²) in [5, 5.41) is 29.9. The molecule has 0 radical (unpaired) electrons. The van der Waals surface area contributed by atoms with Crippen molar-refractivity contribution in [1.29, 1.82) is 0 Å². The molecule has 188 valence electrons. The number of aliphatic hydroxyl groups is 2. The number of rotatable bonds is 12. The lowest BCUT2D eigenvalue weighted by molar-refractivity contribution is -0.131. The maximum absolute atomic E-state index is 13.1. The SMILES string of the molecule is CC(=O)CC(=O)C(CO)C(CCO)CC1CC(=O)c2c(O)ccc(CCC3CCCCC3)c2C1. The molecule has 0 saturated heterocycles. The Bertz CT molecular complexity index is 870. The van der Waals surface area contributed by atoms with Crippen molar-refractivity contribution in [1.82, 2.24) is 0 Å². The second-order valence-electron chi connectivity index (χ2n) is 10.5. The van der Waals surface area contributed by atoms with Crippen LogP contribution in [0.2, 0.25) is 0 Å². The Morgan fingerprint density at radius 2 is 1.79 bits per heavy atom. The van der Waals surface area contributed by atoms with Crippen molar-refractivity contribution >= 4 is 17.3 Å². The molecule has 1 aromatic carbocycles. The van der Waals surface area contributed by atoms with Gasteiger partial charge in [0.25, 0.3) is 0 Å². The van der Waals surface area contributed by atoms with Crippen LogP contribution < -0.4 is 0 Å². The highest BCUT2D eigenvalue weighted by atomic mass is 16.3. The maximum Gasteiger partial charge on any atom is 0.167 e. The smallest absolute Gasteiger partial charge is 0.167 e. The molecule has 3 N–H and O–H groups in total. The summed E-state index contributed by atoms with van der Waals surface area (Å²) in [6.07, 6.45) is 9.95. The number of carbonyl (C=O) groups is 3. The Kier molecular flexibility index (Phi) is 9.84. The molecule has 34 heavy (non-hydrogen) atoms. The number of aryl methyl sites for hydroxylation is 1. The van der Waals surface area contributed by atoms with Crippen LogP contribution in [0.25, 0.3) is 0 Å². The van der Waals surface area contributed by atoms with Crippen molar-refractivity contribution in [2.24, 2.45) is 23.7 Å². The molecule has 3 unspecified atom stereocenters. The molecule has 0 heterocycles. The second-order valence-corrected chi connectivity index (χ2v) is 10.5. The predicted molar refractivity (Wildman–Crippen MR) is 130 cm³/mol. The standard InChI is InChI=1S/C28H40O6/c1-18(31)13-26(33)24(17-30)22(11-12-29)14-20-15-23-21(8-7-19-5-3-2-4-6-19)9-10-25(32)28(23)27(34)16-20/h9-10,19-20,22,24,29-30,32H,2-8,11-17H2,1H3. The number of hydrogen-bond acceptors (Lipinski definition) is 6. The lowest BCUT2D eigenvalue weighted by Gasteiger charge is -2.32. The Hall–Kier alpha value is -2.05. The fourth-order valence-corrected chi connectivity index (χ4v) is 6.15. The van der Waals surface area contributed by atoms with E-state index in [1.54, 1.807) is 6.07 Å². The minimum Gasteiger partial charge on any atom is -0.507 e. The molecular weight excluding hydrogens is 432 g/mol. The molecule has 6 nitrogen and oxygen atoms in total. The van der Waals surface area contributed by atoms with Crippen LogP contribution in [-0.2, 0) is 22.4 Å². The van der Waals surface area contributed by atoms with Crippen LogP contribution in [0.5, 0.6) is 5.75 Å². The quantitative estimate of drug-likeness (QED) is 0.393. The van der Waals surface area contributed by atoms with Gasteiger partial charge in [0.05, 0.1) is 18.6 Å². The largest absolute Gasteiger partial charge is 0.507 e. The fraction of sp³-hybridized carbons (Fsp3) is 0.679. The average Bonchev–Trinajstić information content (AvgIpc) is 2.79. The Labute approximate surface area is 202 Å². The highest BCUT2D eigenvalue weighted by Gasteiger charge is 2.35. The van der Waals surface area contributed by atoms with Gasteiger partial charge in [0.1, 0.15) is 17.3 Å². The average molecular weight is 473 g/mol. The van der Waals surface area contributed by atoms with Crippen LogP contribution in [0.15, 0.2) is 12.1 Å². The Morgan fingerprint density at radius 1 is 1.06 bits per heavy atom. The van der Waals surface area contributed by atoms with Gasteiger partial charge in [-0.1, -0.05) is 38.2 Å². The number of phenols is 1. The molecule has 0 bridgehead atoms. The van der Waals surface area contributed by atoms with Gasteiger partial charge in [0.15, 0.2) is 5.78 Å². The van der Waals surface area contributed by atoms with Gasteiger partial charge in [0.2, 0.25) is 0 Å². The van der Waals surface area contributed by atoms with Crippen molar-refractivity contribution < 1.29 is 29.7 Å². The van der Waals surface area contributed by atoms with E-state index in [4.69, 9.17) is 0 Å². The normalized spacial score (nSPS) is 20.6. The number of phenolic OH excluding ortho intramolecular Hbond substituents is 1. The number of hydrogen-bond donors (Lipinski definition) is 3. The zero-order valence-electron chi connectivity index (χ0n) is 20.4. The third kappa shape index (κ3) is 6.76. The first-order valence-corrected chi connectivity index (χ1v) is 12.9. The molecule has 0 spiro atoms. The number of carbonyl (C=O) groups excluding carboxylic acids is 3. The summed E-state index contributed by atoms with van der Waals surface area (Å²) in [6.45, 7) is 0.853. The van der Waals surface area contributed by atoms with Crippen LogP contribution in [0.4, 0.5) is 0 Å². The van der Waals surface area contributed by atoms with E-state index in [1.807, 2.05) is 6.07 Å². The third-order valence-corrected chi connectivity index (χ3v) is 7.92. The van der Waals surface area contributed by atoms with Crippen molar-refractivity contribution in [3.63, 3.8) is 0 Å². The second kappa shape index (κ2) is 12.6. The van der Waals surface area contributed by atoms with Gasteiger partial charge in [-0.05, 0) is 74.0 Å². The number of benzene rings is 1. The molecule has 3 atom stereocenters. The highest BCUT2D eigenvalue weighted by Crippen LogP contribution is 2.39. The van der Waals surface area contributed by atoms with Gasteiger partial charge in [-0.15, -0.1) is 0 Å². The summed E-state index contributed by atoms with van der Waals surface area (Å²) < 4.78 is 0. The molecule has 2 aliphatic rings. The van der Waals surface area contributed by atoms with Crippen molar-refractivity contribution in [3.05, 3.63) is 28.8 Å². The summed E-state index contributed by atoms with van der Waals surface area (Å²) in [7, 11) is 0. The summed E-state index contributed by atoms with van der Waals surface area (Å²) in [5.41, 5.74) is 2.50. The van der Waals surface area contributed by atoms with E-state index in [1.165, 1.54) is 39.0 Å². The van der Waals surface area contributed by atoms with E-state index in [2.05, 4.69) is 0 Å². The van der Waals surface area contributed by atoms with Crippen molar-refractivity contribution in [2.45, 2.75) is 84.0 Å². The van der Waals surface area contributed by atoms with E-state index in [-0.39, 0.29) is 61.0 Å². The molecule has 0 aromatic heterocycles. The summed E-state index contributed by atoms with van der Waals surface area (Å²) >= 11 is 0. The predicted octanol–water partition coefficient (Wildman–Crippen LogP) is 4.20. The lowest BCUT2D eigenvalue weighted by atomic mass is 9.72. The van der Waals surface area contributed by atoms with Gasteiger partial charge < -0.3 is 15.3 Å². The molecule has 2 aliphatic carbocycles. The van der Waals surface area contributed by atoms with Crippen molar-refractivity contribution in [2.75, 3.05) is 13.2 Å². The van der Waals surface area contributed by atoms with Gasteiger partial charge >= 0.3 is 0 Å². The highest BCUT2D eigenvalue weighted by molar-refractivity contribution is 6.01. The van der Waals surface area contributed by atoms with Crippen LogP contribution in [-0.4, -0.2) is 45.9 Å². The van der Waals surface area contributed by atoms with Crippen LogP contribution in [0.3, 0.4) is 0 Å². The summed E-state index contributed by atoms with van der Waals surface area (Å²) in [4.78, 5) is 37.1. The minimum atomic E-state index is -0.720. The van der Waals surface area contributed by atoms with Gasteiger partial charge in [0, 0.05) is 18.9 Å². The molecule has 0 amide bonds. The molecule has 0 aliphatic heterocycles. The first kappa shape index (κ1) is 26.6. The number of Topliss-reactive ketones (excluding diaryl/α,β-unsaturated/α-hetero) is 3. The van der Waals surface area contributed by atoms with E-state index in [0.29, 0.717) is 24.8 Å². The van der Waals surface area contributed by atoms with Gasteiger partial charge in [-0.2, -0.15) is 0 Å². The first-order chi connectivity index (χ1) is 16.3. The van der Waals surface area contributed by atoms with E-state index >= 15 is 0 Å². The molecule has 1 saturated carbocycles. The fourth-order valence-electron chi connectivity index (χ4n) is 6.15. The molecule has 3 rings (SSSR count). The van der Waals surface area contributed by atoms with Gasteiger partial charge in [-0.3, -0.25) is 14.4 Å². The zero-order chi connectivity index (χ0) is 24.7. The van der Waals surface area contributed by atoms with Crippen LogP contribution >= 0.6 is 0 Å². The Balaban J connectivity index is 1.77. The Morgan fingerprint density at radius 3 is 2.44 bits per heavy atom. The van der Waals surface area contributed by atoms with E-state index in [0.717, 1.165) is 29.9 Å². The molecule has 6 heteroatoms. The number of aliphatic hydroxyl groups excluding tert-OH is 2. The summed E-state index contributed by atoms with van der Waals surface area (Å²) in [6, 6.07) is 3.59. The number of fused-ring (bicyclic) bond motifs is 1. The topological polar surface area (TPSA) is 112 Å². The third-order valence-electron chi connectivity index (χ3n) is 7.92. The van der Waals surface area contributed by atoms with Gasteiger partial charge in [-0.25, -0.2) is 0 Å². The minimum absolute atomic E-state index is 0.0361. The lowest BCUT2D eigenvalue weighted by Crippen LogP contribution is -2.32. The van der Waals surface area contributed by atoms with Crippen LogP contribution in [0.1, 0.15) is 92.6 Å². The first-order valence-electron chi connectivity index (χ1n) is 12.9. The molecule has 1 fully saturated rings. The molecule has 1 aromatic rings. The maximum atomic E-state index is 13.1.